The van der Waals surface area contributed by atoms with Crippen molar-refractivity contribution in [3.05, 3.63) is 72.1 Å². The van der Waals surface area contributed by atoms with Crippen molar-refractivity contribution in [1.82, 2.24) is 10.2 Å². The summed E-state index contributed by atoms with van der Waals surface area (Å²) in [6.07, 6.45) is 0. The van der Waals surface area contributed by atoms with Gasteiger partial charge in [0.1, 0.15) is 0 Å². The molecule has 0 bridgehead atoms. The smallest absolute Gasteiger partial charge is 0.277 e. The Labute approximate surface area is 189 Å². The largest absolute Gasteiger partial charge is 0.410 e. The van der Waals surface area contributed by atoms with Gasteiger partial charge in [0.2, 0.25) is 5.91 Å². The van der Waals surface area contributed by atoms with Gasteiger partial charge in [0.15, 0.2) is 0 Å². The molecule has 8 heteroatoms. The fourth-order valence-electron chi connectivity index (χ4n) is 3.08. The fraction of sp³-hybridized carbons (Fsp3) is 0.174. The first-order valence-electron chi connectivity index (χ1n) is 9.84. The van der Waals surface area contributed by atoms with E-state index < -0.39 is 0 Å². The molecule has 2 aromatic heterocycles. The summed E-state index contributed by atoms with van der Waals surface area (Å²) in [6, 6.07) is 21.7. The van der Waals surface area contributed by atoms with Crippen LogP contribution in [0.15, 0.2) is 81.8 Å². The van der Waals surface area contributed by atoms with Gasteiger partial charge < -0.3 is 14.6 Å². The van der Waals surface area contributed by atoms with E-state index in [1.165, 1.54) is 23.1 Å². The molecule has 6 nitrogen and oxygen atoms in total. The summed E-state index contributed by atoms with van der Waals surface area (Å²) < 4.78 is 5.67. The first-order chi connectivity index (χ1) is 15.1. The molecule has 31 heavy (non-hydrogen) atoms. The topological polar surface area (TPSA) is 71.3 Å². The number of para-hydroxylation sites is 1. The average Bonchev–Trinajstić information content (AvgIpc) is 3.46. The number of hydrogen-bond donors (Lipinski definition) is 1. The predicted molar refractivity (Wildman–Crippen MR) is 127 cm³/mol. The Hall–Kier alpha value is -3.10. The molecule has 0 spiro atoms. The lowest BCUT2D eigenvalue weighted by Gasteiger charge is -2.27. The molecule has 158 valence electrons. The zero-order chi connectivity index (χ0) is 21.6. The lowest BCUT2D eigenvalue weighted by atomic mass is 10.2. The third-order valence-corrected chi connectivity index (χ3v) is 6.11. The Balaban J connectivity index is 1.40. The maximum Gasteiger partial charge on any atom is 0.277 e. The first-order valence-corrected chi connectivity index (χ1v) is 11.7. The Morgan fingerprint density at radius 1 is 1.03 bits per heavy atom. The van der Waals surface area contributed by atoms with E-state index in [1.807, 2.05) is 86.0 Å². The molecule has 4 rings (SSSR count). The maximum atomic E-state index is 13.0. The molecule has 0 radical (unpaired) electrons. The van der Waals surface area contributed by atoms with Gasteiger partial charge in [-0.15, -0.1) is 21.5 Å². The quantitative estimate of drug-likeness (QED) is 0.328. The van der Waals surface area contributed by atoms with Crippen LogP contribution in [0.5, 0.6) is 0 Å². The molecule has 1 amide bonds. The van der Waals surface area contributed by atoms with Crippen LogP contribution in [0, 0.1) is 0 Å². The van der Waals surface area contributed by atoms with Crippen LogP contribution in [0.2, 0.25) is 0 Å². The Morgan fingerprint density at radius 2 is 1.77 bits per heavy atom. The van der Waals surface area contributed by atoms with Crippen LogP contribution in [0.1, 0.15) is 13.8 Å². The summed E-state index contributed by atoms with van der Waals surface area (Å²) in [4.78, 5) is 15.7. The molecule has 0 atom stereocenters. The van der Waals surface area contributed by atoms with Crippen molar-refractivity contribution in [1.29, 1.82) is 0 Å². The number of nitrogens with one attached hydrogen (secondary N) is 1. The summed E-state index contributed by atoms with van der Waals surface area (Å²) in [7, 11) is 0. The molecule has 0 unspecified atom stereocenters. The van der Waals surface area contributed by atoms with Crippen LogP contribution in [0.4, 0.5) is 17.1 Å². The summed E-state index contributed by atoms with van der Waals surface area (Å²) >= 11 is 2.79. The molecular weight excluding hydrogens is 428 g/mol. The molecule has 2 heterocycles. The Kier molecular flexibility index (Phi) is 6.69. The maximum absolute atomic E-state index is 13.0. The van der Waals surface area contributed by atoms with Crippen molar-refractivity contribution < 1.29 is 9.21 Å². The Morgan fingerprint density at radius 3 is 2.45 bits per heavy atom. The number of thioether (sulfide) groups is 1. The van der Waals surface area contributed by atoms with Crippen molar-refractivity contribution >= 4 is 46.1 Å². The van der Waals surface area contributed by atoms with Crippen molar-refractivity contribution in [2.24, 2.45) is 0 Å². The van der Waals surface area contributed by atoms with E-state index in [0.29, 0.717) is 11.1 Å². The number of nitrogens with zero attached hydrogens (tertiary/aromatic N) is 3. The summed E-state index contributed by atoms with van der Waals surface area (Å²) in [5.41, 5.74) is 2.83. The molecule has 0 aliphatic rings. The van der Waals surface area contributed by atoms with E-state index in [0.717, 1.165) is 21.9 Å². The van der Waals surface area contributed by atoms with Crippen LogP contribution in [-0.2, 0) is 4.79 Å². The number of rotatable bonds is 8. The van der Waals surface area contributed by atoms with Crippen LogP contribution >= 0.6 is 23.1 Å². The van der Waals surface area contributed by atoms with Gasteiger partial charge in [-0.25, -0.2) is 0 Å². The summed E-state index contributed by atoms with van der Waals surface area (Å²) in [5.74, 6) is 0.681. The second-order valence-electron chi connectivity index (χ2n) is 7.03. The highest BCUT2D eigenvalue weighted by Crippen LogP contribution is 2.28. The minimum Gasteiger partial charge on any atom is -0.410 e. The van der Waals surface area contributed by atoms with Crippen LogP contribution in [0.25, 0.3) is 10.8 Å². The van der Waals surface area contributed by atoms with E-state index in [4.69, 9.17) is 4.42 Å². The molecule has 0 saturated carbocycles. The number of aromatic nitrogens is 2. The highest BCUT2D eigenvalue weighted by Gasteiger charge is 2.20. The lowest BCUT2D eigenvalue weighted by Crippen LogP contribution is -2.38. The highest BCUT2D eigenvalue weighted by atomic mass is 32.2. The van der Waals surface area contributed by atoms with Gasteiger partial charge in [0.05, 0.1) is 10.6 Å². The molecule has 4 aromatic rings. The monoisotopic (exact) mass is 450 g/mol. The minimum atomic E-state index is -0.0142. The van der Waals surface area contributed by atoms with Gasteiger partial charge in [-0.3, -0.25) is 4.79 Å². The van der Waals surface area contributed by atoms with E-state index in [9.17, 15) is 4.79 Å². The SMILES string of the molecule is CC(C)N(C(=O)CSc1nnc(-c2cccs2)o1)c1ccc(Nc2ccccc2)cc1. The van der Waals surface area contributed by atoms with Crippen LogP contribution < -0.4 is 10.2 Å². The van der Waals surface area contributed by atoms with E-state index >= 15 is 0 Å². The predicted octanol–water partition coefficient (Wildman–Crippen LogP) is 6.08. The zero-order valence-electron chi connectivity index (χ0n) is 17.2. The van der Waals surface area contributed by atoms with Gasteiger partial charge in [0.25, 0.3) is 11.1 Å². The molecular formula is C23H22N4O2S2. The Bertz CT molecular complexity index is 1110. The molecule has 1 N–H and O–H groups in total. The van der Waals surface area contributed by atoms with E-state index in [2.05, 4.69) is 15.5 Å². The standard InChI is InChI=1S/C23H22N4O2S2/c1-16(2)27(19-12-10-18(11-13-19)24-17-7-4-3-5-8-17)21(28)15-31-23-26-25-22(29-23)20-9-6-14-30-20/h3-14,16,24H,15H2,1-2H3. The molecule has 0 fully saturated rings. The summed E-state index contributed by atoms with van der Waals surface area (Å²) in [6.45, 7) is 4.00. The van der Waals surface area contributed by atoms with Gasteiger partial charge in [0, 0.05) is 23.1 Å². The van der Waals surface area contributed by atoms with Crippen LogP contribution in [0.3, 0.4) is 0 Å². The number of carbonyl (C=O) groups excluding carboxylic acids is 1. The van der Waals surface area contributed by atoms with Gasteiger partial charge >= 0.3 is 0 Å². The van der Waals surface area contributed by atoms with Gasteiger partial charge in [-0.05, 0) is 61.7 Å². The number of anilines is 3. The van der Waals surface area contributed by atoms with Crippen molar-refractivity contribution in [2.45, 2.75) is 25.1 Å². The normalized spacial score (nSPS) is 10.9. The third-order valence-electron chi connectivity index (χ3n) is 4.45. The number of benzene rings is 2. The lowest BCUT2D eigenvalue weighted by molar-refractivity contribution is -0.116. The number of carbonyl (C=O) groups is 1. The van der Waals surface area contributed by atoms with Crippen molar-refractivity contribution in [3.8, 4) is 10.8 Å². The van der Waals surface area contributed by atoms with Gasteiger partial charge in [-0.1, -0.05) is 36.0 Å². The highest BCUT2D eigenvalue weighted by molar-refractivity contribution is 7.99. The molecule has 2 aromatic carbocycles. The number of thiophene rings is 1. The van der Waals surface area contributed by atoms with Gasteiger partial charge in [-0.2, -0.15) is 0 Å². The van der Waals surface area contributed by atoms with Crippen molar-refractivity contribution in [3.63, 3.8) is 0 Å². The molecule has 0 aliphatic carbocycles. The minimum absolute atomic E-state index is 0.0142. The number of hydrogen-bond acceptors (Lipinski definition) is 7. The third kappa shape index (κ3) is 5.34. The first kappa shape index (κ1) is 21.1. The zero-order valence-corrected chi connectivity index (χ0v) is 18.8. The second kappa shape index (κ2) is 9.80. The second-order valence-corrected chi connectivity index (χ2v) is 8.91. The fourth-order valence-corrected chi connectivity index (χ4v) is 4.35. The molecule has 0 saturated heterocycles. The van der Waals surface area contributed by atoms with E-state index in [-0.39, 0.29) is 17.7 Å². The van der Waals surface area contributed by atoms with Crippen molar-refractivity contribution in [2.75, 3.05) is 16.0 Å². The van der Waals surface area contributed by atoms with E-state index in [1.54, 1.807) is 4.90 Å². The average molecular weight is 451 g/mol. The molecule has 0 aliphatic heterocycles. The number of amides is 1. The van der Waals surface area contributed by atoms with Crippen LogP contribution in [-0.4, -0.2) is 27.9 Å². The summed E-state index contributed by atoms with van der Waals surface area (Å²) in [5, 5.41) is 13.8.